The molecule has 16 heavy (non-hydrogen) atoms. The Hall–Kier alpha value is -0.0600. The van der Waals surface area contributed by atoms with E-state index in [0.29, 0.717) is 0 Å². The molecule has 1 aliphatic carbocycles. The smallest absolute Gasteiger partial charge is 0.164 e. The van der Waals surface area contributed by atoms with Gasteiger partial charge in [0, 0.05) is 4.48 Å². The summed E-state index contributed by atoms with van der Waals surface area (Å²) in [5.41, 5.74) is 0. The molecule has 88 valence electrons. The average molecular weight is 306 g/mol. The highest BCUT2D eigenvalue weighted by Crippen LogP contribution is 2.41. The van der Waals surface area contributed by atoms with Gasteiger partial charge in [-0.1, -0.05) is 22.0 Å². The van der Waals surface area contributed by atoms with Crippen LogP contribution in [0.15, 0.2) is 10.6 Å². The van der Waals surface area contributed by atoms with E-state index in [4.69, 9.17) is 14.7 Å². The number of rotatable bonds is 1. The molecule has 4 nitrogen and oxygen atoms in total. The molecule has 0 spiro atoms. The van der Waals surface area contributed by atoms with Gasteiger partial charge >= 0.3 is 0 Å². The van der Waals surface area contributed by atoms with Crippen molar-refractivity contribution >= 4 is 27.7 Å². The highest BCUT2D eigenvalue weighted by molar-refractivity contribution is 9.11. The Morgan fingerprint density at radius 1 is 1.56 bits per heavy atom. The second kappa shape index (κ2) is 4.31. The number of aliphatic hydroxyl groups is 1. The molecule has 4 atom stereocenters. The number of halogens is 1. The SMILES string of the molecule is CC1(C)O[C@H]2[C@H](O)[C@@H](SC#N)C=C(Br)[C@H]2O1. The summed E-state index contributed by atoms with van der Waals surface area (Å²) in [5.74, 6) is -0.699. The number of fused-ring (bicyclic) bond motifs is 1. The number of ether oxygens (including phenoxy) is 2. The molecule has 6 heteroatoms. The van der Waals surface area contributed by atoms with Crippen molar-refractivity contribution < 1.29 is 14.6 Å². The maximum absolute atomic E-state index is 10.1. The predicted molar refractivity (Wildman–Crippen MR) is 63.8 cm³/mol. The summed E-state index contributed by atoms with van der Waals surface area (Å²) in [4.78, 5) is 0. The zero-order chi connectivity index (χ0) is 11.9. The summed E-state index contributed by atoms with van der Waals surface area (Å²) in [6, 6.07) is 0. The van der Waals surface area contributed by atoms with Gasteiger partial charge in [0.15, 0.2) is 5.79 Å². The van der Waals surface area contributed by atoms with Crippen molar-refractivity contribution in [3.8, 4) is 5.40 Å². The van der Waals surface area contributed by atoms with Crippen LogP contribution in [-0.2, 0) is 9.47 Å². The molecule has 1 fully saturated rings. The summed E-state index contributed by atoms with van der Waals surface area (Å²) in [7, 11) is 0. The van der Waals surface area contributed by atoms with Gasteiger partial charge in [-0.3, -0.25) is 0 Å². The van der Waals surface area contributed by atoms with E-state index < -0.39 is 18.0 Å². The number of thiocyanates is 1. The second-order valence-corrected chi connectivity index (χ2v) is 6.11. The number of aliphatic hydroxyl groups excluding tert-OH is 1. The van der Waals surface area contributed by atoms with E-state index in [-0.39, 0.29) is 11.4 Å². The van der Waals surface area contributed by atoms with Crippen LogP contribution in [0, 0.1) is 10.7 Å². The van der Waals surface area contributed by atoms with E-state index in [1.165, 1.54) is 0 Å². The molecule has 0 saturated carbocycles. The summed E-state index contributed by atoms with van der Waals surface area (Å²) >= 11 is 4.43. The van der Waals surface area contributed by atoms with Gasteiger partial charge in [0.05, 0.1) is 11.4 Å². The molecule has 0 aromatic rings. The Morgan fingerprint density at radius 3 is 2.88 bits per heavy atom. The molecule has 1 aliphatic heterocycles. The third-order valence-corrected chi connectivity index (χ3v) is 4.09. The van der Waals surface area contributed by atoms with Gasteiger partial charge < -0.3 is 14.6 Å². The first-order chi connectivity index (χ1) is 7.44. The van der Waals surface area contributed by atoms with Gasteiger partial charge in [0.25, 0.3) is 0 Å². The first-order valence-corrected chi connectivity index (χ1v) is 6.57. The Kier molecular flexibility index (Phi) is 3.34. The van der Waals surface area contributed by atoms with Crippen LogP contribution in [0.1, 0.15) is 13.8 Å². The maximum Gasteiger partial charge on any atom is 0.164 e. The summed E-state index contributed by atoms with van der Waals surface area (Å²) in [5, 5.41) is 20.4. The normalized spacial score (nSPS) is 41.1. The molecule has 1 heterocycles. The quantitative estimate of drug-likeness (QED) is 0.748. The minimum atomic E-state index is -0.724. The van der Waals surface area contributed by atoms with E-state index in [1.807, 2.05) is 25.3 Å². The Labute approximate surface area is 107 Å². The van der Waals surface area contributed by atoms with Crippen molar-refractivity contribution in [3.05, 3.63) is 10.6 Å². The lowest BCUT2D eigenvalue weighted by Crippen LogP contribution is -2.44. The van der Waals surface area contributed by atoms with Crippen LogP contribution in [0.5, 0.6) is 0 Å². The molecule has 0 bridgehead atoms. The lowest BCUT2D eigenvalue weighted by atomic mass is 9.98. The van der Waals surface area contributed by atoms with Crippen molar-refractivity contribution in [2.45, 2.75) is 43.2 Å². The number of thioether (sulfide) groups is 1. The predicted octanol–water partition coefficient (Wildman–Crippen LogP) is 1.74. The lowest BCUT2D eigenvalue weighted by molar-refractivity contribution is -0.152. The van der Waals surface area contributed by atoms with Crippen molar-refractivity contribution in [3.63, 3.8) is 0 Å². The van der Waals surface area contributed by atoms with Crippen LogP contribution in [0.25, 0.3) is 0 Å². The first kappa shape index (κ1) is 12.4. The molecule has 0 radical (unpaired) electrons. The highest BCUT2D eigenvalue weighted by Gasteiger charge is 2.50. The zero-order valence-corrected chi connectivity index (χ0v) is 11.3. The molecule has 1 N–H and O–H groups in total. The number of nitrogens with zero attached hydrogens (tertiary/aromatic N) is 1. The van der Waals surface area contributed by atoms with Crippen LogP contribution in [-0.4, -0.2) is 34.5 Å². The third kappa shape index (κ3) is 2.15. The van der Waals surface area contributed by atoms with Crippen LogP contribution >= 0.6 is 27.7 Å². The van der Waals surface area contributed by atoms with Crippen LogP contribution < -0.4 is 0 Å². The largest absolute Gasteiger partial charge is 0.389 e. The van der Waals surface area contributed by atoms with E-state index in [2.05, 4.69) is 15.9 Å². The van der Waals surface area contributed by atoms with Crippen molar-refractivity contribution in [1.82, 2.24) is 0 Å². The lowest BCUT2D eigenvalue weighted by Gasteiger charge is -2.30. The van der Waals surface area contributed by atoms with Gasteiger partial charge in [0.1, 0.15) is 17.6 Å². The van der Waals surface area contributed by atoms with Gasteiger partial charge in [-0.05, 0) is 25.6 Å². The van der Waals surface area contributed by atoms with Crippen LogP contribution in [0.2, 0.25) is 0 Å². The van der Waals surface area contributed by atoms with E-state index in [0.717, 1.165) is 16.2 Å². The fraction of sp³-hybridized carbons (Fsp3) is 0.700. The molecule has 0 aromatic carbocycles. The van der Waals surface area contributed by atoms with Gasteiger partial charge in [-0.2, -0.15) is 5.26 Å². The molecule has 2 rings (SSSR count). The minimum absolute atomic E-state index is 0.277. The van der Waals surface area contributed by atoms with Crippen LogP contribution in [0.4, 0.5) is 0 Å². The highest BCUT2D eigenvalue weighted by atomic mass is 79.9. The molecule has 0 unspecified atom stereocenters. The number of hydrogen-bond donors (Lipinski definition) is 1. The van der Waals surface area contributed by atoms with Gasteiger partial charge in [-0.15, -0.1) is 0 Å². The molecular formula is C10H12BrNO3S. The summed E-state index contributed by atoms with van der Waals surface area (Å²) in [6.07, 6.45) is 0.392. The molecular weight excluding hydrogens is 294 g/mol. The monoisotopic (exact) mass is 305 g/mol. The van der Waals surface area contributed by atoms with E-state index in [9.17, 15) is 5.11 Å². The standard InChI is InChI=1S/C10H12BrNO3S/c1-10(2)14-8-5(11)3-6(16-4-12)7(13)9(8)15-10/h3,6-9,13H,1-2H3/t6-,7+,8+,9-/m0/s1. The topological polar surface area (TPSA) is 62.5 Å². The fourth-order valence-electron chi connectivity index (χ4n) is 1.95. The second-order valence-electron chi connectivity index (χ2n) is 4.24. The molecule has 2 aliphatic rings. The van der Waals surface area contributed by atoms with Crippen molar-refractivity contribution in [2.75, 3.05) is 0 Å². The molecule has 0 amide bonds. The Morgan fingerprint density at radius 2 is 2.25 bits per heavy atom. The van der Waals surface area contributed by atoms with Gasteiger partial charge in [-0.25, -0.2) is 0 Å². The molecule has 0 aromatic heterocycles. The first-order valence-electron chi connectivity index (χ1n) is 4.90. The third-order valence-electron chi connectivity index (χ3n) is 2.59. The Balaban J connectivity index is 2.24. The number of hydrogen-bond acceptors (Lipinski definition) is 5. The fourth-order valence-corrected chi connectivity index (χ4v) is 3.40. The van der Waals surface area contributed by atoms with E-state index >= 15 is 0 Å². The summed E-state index contributed by atoms with van der Waals surface area (Å²) in [6.45, 7) is 3.62. The van der Waals surface area contributed by atoms with Gasteiger partial charge in [0.2, 0.25) is 0 Å². The van der Waals surface area contributed by atoms with E-state index in [1.54, 1.807) is 0 Å². The number of nitriles is 1. The van der Waals surface area contributed by atoms with Crippen molar-refractivity contribution in [1.29, 1.82) is 5.26 Å². The van der Waals surface area contributed by atoms with Crippen LogP contribution in [0.3, 0.4) is 0 Å². The van der Waals surface area contributed by atoms with Crippen molar-refractivity contribution in [2.24, 2.45) is 0 Å². The average Bonchev–Trinajstić information content (AvgIpc) is 2.51. The zero-order valence-electron chi connectivity index (χ0n) is 8.88. The maximum atomic E-state index is 10.1. The summed E-state index contributed by atoms with van der Waals surface area (Å²) < 4.78 is 12.2. The Bertz CT molecular complexity index is 366. The molecule has 1 saturated heterocycles. The minimum Gasteiger partial charge on any atom is -0.389 e.